The van der Waals surface area contributed by atoms with Gasteiger partial charge in [-0.2, -0.15) is 0 Å². The smallest absolute Gasteiger partial charge is 0.187 e. The molecule has 1 atom stereocenters. The van der Waals surface area contributed by atoms with E-state index in [2.05, 4.69) is 9.88 Å². The second-order valence-electron chi connectivity index (χ2n) is 7.37. The Morgan fingerprint density at radius 1 is 1.26 bits per heavy atom. The molecule has 0 radical (unpaired) electrons. The zero-order valence-electron chi connectivity index (χ0n) is 14.6. The first kappa shape index (κ1) is 16.7. The lowest BCUT2D eigenvalue weighted by Gasteiger charge is -2.35. The number of morpholine rings is 1. The van der Waals surface area contributed by atoms with E-state index < -0.39 is 0 Å². The highest BCUT2D eigenvalue weighted by Crippen LogP contribution is 2.29. The Hall–Kier alpha value is -1.13. The first-order valence-corrected chi connectivity index (χ1v) is 9.15. The van der Waals surface area contributed by atoms with E-state index in [4.69, 9.17) is 4.74 Å². The molecule has 4 nitrogen and oxygen atoms in total. The zero-order chi connectivity index (χ0) is 16.2. The maximum Gasteiger partial charge on any atom is 0.187 e. The average molecular weight is 318 g/mol. The van der Waals surface area contributed by atoms with Gasteiger partial charge in [-0.15, -0.1) is 0 Å². The van der Waals surface area contributed by atoms with Gasteiger partial charge in [-0.3, -0.25) is 9.69 Å². The first-order chi connectivity index (χ1) is 11.1. The predicted octanol–water partition coefficient (Wildman–Crippen LogP) is 3.16. The van der Waals surface area contributed by atoms with Gasteiger partial charge in [0.1, 0.15) is 0 Å². The van der Waals surface area contributed by atoms with Gasteiger partial charge < -0.3 is 9.72 Å². The van der Waals surface area contributed by atoms with Gasteiger partial charge in [0, 0.05) is 42.7 Å². The number of aromatic nitrogens is 1. The van der Waals surface area contributed by atoms with Crippen molar-refractivity contribution in [2.24, 2.45) is 5.92 Å². The molecular weight excluding hydrogens is 288 g/mol. The molecule has 2 heterocycles. The maximum atomic E-state index is 12.1. The van der Waals surface area contributed by atoms with E-state index in [9.17, 15) is 4.79 Å². The summed E-state index contributed by atoms with van der Waals surface area (Å²) in [5.41, 5.74) is 2.88. The molecule has 1 saturated carbocycles. The number of rotatable bonds is 4. The van der Waals surface area contributed by atoms with Crippen molar-refractivity contribution in [3.8, 4) is 0 Å². The van der Waals surface area contributed by atoms with Gasteiger partial charge in [0.05, 0.1) is 12.7 Å². The van der Waals surface area contributed by atoms with Crippen LogP contribution in [0.2, 0.25) is 0 Å². The third-order valence-corrected chi connectivity index (χ3v) is 5.54. The fraction of sp³-hybridized carbons (Fsp3) is 0.737. The van der Waals surface area contributed by atoms with Crippen LogP contribution in [-0.2, 0) is 11.3 Å². The number of nitrogens with zero attached hydrogens (tertiary/aromatic N) is 1. The molecule has 1 aromatic rings. The van der Waals surface area contributed by atoms with Gasteiger partial charge in [-0.25, -0.2) is 0 Å². The summed E-state index contributed by atoms with van der Waals surface area (Å²) in [6, 6.07) is 0. The molecule has 2 fully saturated rings. The van der Waals surface area contributed by atoms with E-state index >= 15 is 0 Å². The summed E-state index contributed by atoms with van der Waals surface area (Å²) >= 11 is 0. The SMILES string of the molecule is Cc1c[nH]c(CN2CCOC(CC3CCCCC3)C2)c(C)c1=O. The lowest BCUT2D eigenvalue weighted by atomic mass is 9.85. The zero-order valence-corrected chi connectivity index (χ0v) is 14.6. The second kappa shape index (κ2) is 7.63. The molecule has 1 N–H and O–H groups in total. The third-order valence-electron chi connectivity index (χ3n) is 5.54. The fourth-order valence-corrected chi connectivity index (χ4v) is 4.05. The van der Waals surface area contributed by atoms with Crippen LogP contribution in [0.15, 0.2) is 11.0 Å². The Balaban J connectivity index is 1.58. The number of nitrogens with one attached hydrogen (secondary N) is 1. The van der Waals surface area contributed by atoms with Crippen LogP contribution in [0.25, 0.3) is 0 Å². The number of hydrogen-bond donors (Lipinski definition) is 1. The van der Waals surface area contributed by atoms with Crippen molar-refractivity contribution in [3.05, 3.63) is 33.2 Å². The Kier molecular flexibility index (Phi) is 5.54. The molecule has 1 aliphatic carbocycles. The molecule has 3 rings (SSSR count). The molecule has 4 heteroatoms. The normalized spacial score (nSPS) is 24.0. The minimum atomic E-state index is 0.172. The maximum absolute atomic E-state index is 12.1. The van der Waals surface area contributed by atoms with Crippen molar-refractivity contribution in [3.63, 3.8) is 0 Å². The standard InChI is InChI=1S/C19H30N2O2/c1-14-11-20-18(15(2)19(14)22)13-21-8-9-23-17(12-21)10-16-6-4-3-5-7-16/h11,16-17H,3-10,12-13H2,1-2H3,(H,20,22). The Morgan fingerprint density at radius 3 is 2.83 bits per heavy atom. The summed E-state index contributed by atoms with van der Waals surface area (Å²) in [5, 5.41) is 0. The summed E-state index contributed by atoms with van der Waals surface area (Å²) in [6.45, 7) is 7.38. The minimum absolute atomic E-state index is 0.172. The lowest BCUT2D eigenvalue weighted by molar-refractivity contribution is -0.0443. The summed E-state index contributed by atoms with van der Waals surface area (Å²) in [7, 11) is 0. The van der Waals surface area contributed by atoms with Crippen molar-refractivity contribution >= 4 is 0 Å². The van der Waals surface area contributed by atoms with Crippen LogP contribution in [0.5, 0.6) is 0 Å². The quantitative estimate of drug-likeness (QED) is 0.927. The fourth-order valence-electron chi connectivity index (χ4n) is 4.05. The molecule has 0 amide bonds. The van der Waals surface area contributed by atoms with Gasteiger partial charge in [0.25, 0.3) is 0 Å². The number of hydrogen-bond acceptors (Lipinski definition) is 3. The van der Waals surface area contributed by atoms with E-state index in [1.807, 2.05) is 20.0 Å². The molecule has 2 aliphatic rings. The molecule has 0 bridgehead atoms. The molecule has 128 valence electrons. The van der Waals surface area contributed by atoms with Crippen LogP contribution < -0.4 is 5.43 Å². The van der Waals surface area contributed by atoms with Gasteiger partial charge in [0.15, 0.2) is 5.43 Å². The van der Waals surface area contributed by atoms with Crippen molar-refractivity contribution in [2.75, 3.05) is 19.7 Å². The summed E-state index contributed by atoms with van der Waals surface area (Å²) in [4.78, 5) is 17.8. The van der Waals surface area contributed by atoms with Crippen LogP contribution in [0.1, 0.15) is 55.3 Å². The third kappa shape index (κ3) is 4.24. The molecule has 1 unspecified atom stereocenters. The van der Waals surface area contributed by atoms with Crippen LogP contribution >= 0.6 is 0 Å². The van der Waals surface area contributed by atoms with E-state index in [1.54, 1.807) is 0 Å². The van der Waals surface area contributed by atoms with Crippen LogP contribution in [0, 0.1) is 19.8 Å². The van der Waals surface area contributed by atoms with E-state index in [1.165, 1.54) is 38.5 Å². The highest BCUT2D eigenvalue weighted by Gasteiger charge is 2.25. The number of pyridine rings is 1. The van der Waals surface area contributed by atoms with Crippen molar-refractivity contribution < 1.29 is 4.74 Å². The molecule has 23 heavy (non-hydrogen) atoms. The lowest BCUT2D eigenvalue weighted by Crippen LogP contribution is -2.43. The van der Waals surface area contributed by atoms with Crippen LogP contribution in [0.3, 0.4) is 0 Å². The number of H-pyrrole nitrogens is 1. The minimum Gasteiger partial charge on any atom is -0.376 e. The molecular formula is C19H30N2O2. The van der Waals surface area contributed by atoms with Gasteiger partial charge in [-0.05, 0) is 26.2 Å². The van der Waals surface area contributed by atoms with Crippen molar-refractivity contribution in [1.29, 1.82) is 0 Å². The highest BCUT2D eigenvalue weighted by molar-refractivity contribution is 5.23. The second-order valence-corrected chi connectivity index (χ2v) is 7.37. The van der Waals surface area contributed by atoms with E-state index in [-0.39, 0.29) is 5.43 Å². The van der Waals surface area contributed by atoms with Crippen molar-refractivity contribution in [2.45, 2.75) is 65.0 Å². The predicted molar refractivity (Wildman–Crippen MR) is 92.7 cm³/mol. The molecule has 0 aromatic carbocycles. The van der Waals surface area contributed by atoms with Gasteiger partial charge >= 0.3 is 0 Å². The number of aryl methyl sites for hydroxylation is 1. The Labute approximate surface area is 139 Å². The molecule has 0 spiro atoms. The summed E-state index contributed by atoms with van der Waals surface area (Å²) in [5.74, 6) is 0.856. The summed E-state index contributed by atoms with van der Waals surface area (Å²) < 4.78 is 6.01. The van der Waals surface area contributed by atoms with E-state index in [0.717, 1.165) is 49.0 Å². The molecule has 1 saturated heterocycles. The number of aromatic amines is 1. The van der Waals surface area contributed by atoms with E-state index in [0.29, 0.717) is 6.10 Å². The highest BCUT2D eigenvalue weighted by atomic mass is 16.5. The van der Waals surface area contributed by atoms with Crippen molar-refractivity contribution in [1.82, 2.24) is 9.88 Å². The Bertz CT molecular complexity index is 575. The summed E-state index contributed by atoms with van der Waals surface area (Å²) in [6.07, 6.45) is 10.4. The molecule has 1 aliphatic heterocycles. The largest absolute Gasteiger partial charge is 0.376 e. The average Bonchev–Trinajstić information content (AvgIpc) is 2.57. The van der Waals surface area contributed by atoms with Gasteiger partial charge in [0.2, 0.25) is 0 Å². The van der Waals surface area contributed by atoms with Crippen LogP contribution in [0.4, 0.5) is 0 Å². The Morgan fingerprint density at radius 2 is 2.04 bits per heavy atom. The number of ether oxygens (including phenoxy) is 1. The van der Waals surface area contributed by atoms with Gasteiger partial charge in [-0.1, -0.05) is 32.1 Å². The molecule has 1 aromatic heterocycles. The topological polar surface area (TPSA) is 45.3 Å². The monoisotopic (exact) mass is 318 g/mol. The van der Waals surface area contributed by atoms with Crippen LogP contribution in [-0.4, -0.2) is 35.7 Å². The first-order valence-electron chi connectivity index (χ1n) is 9.15.